The van der Waals surface area contributed by atoms with Crippen LogP contribution in [0.1, 0.15) is 16.8 Å². The van der Waals surface area contributed by atoms with Gasteiger partial charge in [-0.1, -0.05) is 18.2 Å². The molecule has 2 aromatic rings. The Morgan fingerprint density at radius 1 is 1.15 bits per heavy atom. The Hall–Kier alpha value is -1.94. The van der Waals surface area contributed by atoms with E-state index in [1.54, 1.807) is 35.7 Å². The van der Waals surface area contributed by atoms with Gasteiger partial charge < -0.3 is 15.0 Å². The number of hydrogen-bond donors (Lipinski definition) is 3. The molecule has 1 amide bonds. The molecule has 1 saturated heterocycles. The van der Waals surface area contributed by atoms with Gasteiger partial charge in [0, 0.05) is 13.0 Å². The average molecular weight is 411 g/mol. The van der Waals surface area contributed by atoms with E-state index in [4.69, 9.17) is 4.74 Å². The molecule has 0 radical (unpaired) electrons. The van der Waals surface area contributed by atoms with Crippen LogP contribution in [0.25, 0.3) is 0 Å². The molecule has 1 aromatic carbocycles. The van der Waals surface area contributed by atoms with Crippen molar-refractivity contribution < 1.29 is 22.8 Å². The zero-order valence-corrected chi connectivity index (χ0v) is 16.6. The summed E-state index contributed by atoms with van der Waals surface area (Å²) in [5, 5.41) is 4.58. The molecule has 2 heterocycles. The first-order valence-corrected chi connectivity index (χ1v) is 11.3. The van der Waals surface area contributed by atoms with Gasteiger partial charge in [0.25, 0.3) is 15.9 Å². The van der Waals surface area contributed by atoms with E-state index in [0.717, 1.165) is 50.6 Å². The lowest BCUT2D eigenvalue weighted by molar-refractivity contribution is -0.908. The second kappa shape index (κ2) is 9.32. The van der Waals surface area contributed by atoms with Crippen molar-refractivity contribution in [3.63, 3.8) is 0 Å². The highest BCUT2D eigenvalue weighted by Crippen LogP contribution is 2.22. The number of hydrogen-bond acceptors (Lipinski definition) is 5. The minimum atomic E-state index is -3.69. The third-order valence-corrected chi connectivity index (χ3v) is 7.13. The van der Waals surface area contributed by atoms with Crippen molar-refractivity contribution >= 4 is 33.0 Å². The molecule has 1 aromatic heterocycles. The summed E-state index contributed by atoms with van der Waals surface area (Å²) in [5.74, 6) is -0.281. The third-order valence-electron chi connectivity index (χ3n) is 4.37. The third kappa shape index (κ3) is 5.52. The Bertz CT molecular complexity index is 847. The van der Waals surface area contributed by atoms with Crippen molar-refractivity contribution in [3.8, 4) is 0 Å². The van der Waals surface area contributed by atoms with Gasteiger partial charge in [0.05, 0.1) is 31.0 Å². The van der Waals surface area contributed by atoms with Crippen molar-refractivity contribution in [1.29, 1.82) is 0 Å². The van der Waals surface area contributed by atoms with Gasteiger partial charge in [0.1, 0.15) is 17.3 Å². The summed E-state index contributed by atoms with van der Waals surface area (Å²) in [6, 6.07) is 9.84. The molecule has 3 N–H and O–H groups in total. The molecule has 0 saturated carbocycles. The molecule has 0 spiro atoms. The van der Waals surface area contributed by atoms with Gasteiger partial charge in [-0.15, -0.1) is 11.3 Å². The lowest BCUT2D eigenvalue weighted by Gasteiger charge is -2.23. The van der Waals surface area contributed by atoms with Gasteiger partial charge >= 0.3 is 0 Å². The molecular formula is C18H24N3O4S2+. The van der Waals surface area contributed by atoms with Crippen LogP contribution < -0.4 is 14.9 Å². The Kier molecular flexibility index (Phi) is 6.84. The number of carbonyl (C=O) groups excluding carboxylic acids is 1. The first-order valence-electron chi connectivity index (χ1n) is 8.91. The number of amides is 1. The van der Waals surface area contributed by atoms with E-state index in [-0.39, 0.29) is 15.8 Å². The van der Waals surface area contributed by atoms with Crippen LogP contribution in [0, 0.1) is 0 Å². The number of thiophene rings is 1. The number of nitrogens with one attached hydrogen (secondary N) is 3. The highest BCUT2D eigenvalue weighted by Gasteiger charge is 2.19. The quantitative estimate of drug-likeness (QED) is 0.556. The predicted molar refractivity (Wildman–Crippen MR) is 105 cm³/mol. The standard InChI is InChI=1S/C18H23N3O4S2/c22-18(19-8-4-9-21-10-12-25-13-11-21)15-5-1-2-6-16(15)20-27(23,24)17-7-3-14-26-17/h1-3,5-7,14,20H,4,8-13H2,(H,19,22)/p+1. The second-order valence-corrected chi connectivity index (χ2v) is 9.16. The van der Waals surface area contributed by atoms with Gasteiger partial charge in [0.2, 0.25) is 0 Å². The SMILES string of the molecule is O=C(NCCC[NH+]1CCOCC1)c1ccccc1NS(=O)(=O)c1cccs1. The second-order valence-electron chi connectivity index (χ2n) is 6.30. The highest BCUT2D eigenvalue weighted by atomic mass is 32.2. The Balaban J connectivity index is 1.57. The minimum Gasteiger partial charge on any atom is -0.370 e. The smallest absolute Gasteiger partial charge is 0.271 e. The van der Waals surface area contributed by atoms with Crippen LogP contribution in [-0.2, 0) is 14.8 Å². The lowest BCUT2D eigenvalue weighted by Crippen LogP contribution is -3.14. The summed E-state index contributed by atoms with van der Waals surface area (Å²) in [5.41, 5.74) is 0.596. The monoisotopic (exact) mass is 410 g/mol. The Morgan fingerprint density at radius 3 is 2.67 bits per heavy atom. The fourth-order valence-electron chi connectivity index (χ4n) is 2.93. The molecule has 0 bridgehead atoms. The highest BCUT2D eigenvalue weighted by molar-refractivity contribution is 7.94. The van der Waals surface area contributed by atoms with E-state index in [1.165, 1.54) is 11.0 Å². The fraction of sp³-hybridized carbons (Fsp3) is 0.389. The number of rotatable bonds is 8. The number of ether oxygens (including phenoxy) is 1. The average Bonchev–Trinajstić information content (AvgIpc) is 3.22. The maximum absolute atomic E-state index is 12.5. The van der Waals surface area contributed by atoms with E-state index in [9.17, 15) is 13.2 Å². The molecule has 0 atom stereocenters. The molecule has 0 unspecified atom stereocenters. The van der Waals surface area contributed by atoms with Crippen LogP contribution in [0.3, 0.4) is 0 Å². The number of quaternary nitrogens is 1. The zero-order valence-electron chi connectivity index (χ0n) is 14.9. The normalized spacial score (nSPS) is 15.4. The van der Waals surface area contributed by atoms with Crippen LogP contribution in [-0.4, -0.2) is 53.7 Å². The first-order chi connectivity index (χ1) is 13.1. The van der Waals surface area contributed by atoms with Crippen molar-refractivity contribution in [2.75, 3.05) is 44.1 Å². The molecule has 1 aliphatic rings. The van der Waals surface area contributed by atoms with Gasteiger partial charge in [-0.25, -0.2) is 8.42 Å². The summed E-state index contributed by atoms with van der Waals surface area (Å²) in [6.07, 6.45) is 0.865. The Morgan fingerprint density at radius 2 is 1.93 bits per heavy atom. The summed E-state index contributed by atoms with van der Waals surface area (Å²) in [4.78, 5) is 14.0. The van der Waals surface area contributed by atoms with E-state index in [0.29, 0.717) is 12.1 Å². The molecule has 1 fully saturated rings. The van der Waals surface area contributed by atoms with Gasteiger partial charge in [-0.05, 0) is 23.6 Å². The van der Waals surface area contributed by atoms with Gasteiger partial charge in [-0.2, -0.15) is 0 Å². The number of anilines is 1. The molecule has 146 valence electrons. The molecule has 27 heavy (non-hydrogen) atoms. The fourth-order valence-corrected chi connectivity index (χ4v) is 5.00. The predicted octanol–water partition coefficient (Wildman–Crippen LogP) is 0.584. The molecule has 0 aliphatic carbocycles. The van der Waals surface area contributed by atoms with Crippen molar-refractivity contribution in [2.45, 2.75) is 10.6 Å². The largest absolute Gasteiger partial charge is 0.370 e. The summed E-state index contributed by atoms with van der Waals surface area (Å²) in [6.45, 7) is 5.12. The molecule has 9 heteroatoms. The first kappa shape index (κ1) is 19.8. The lowest BCUT2D eigenvalue weighted by atomic mass is 10.1. The van der Waals surface area contributed by atoms with E-state index >= 15 is 0 Å². The number of carbonyl (C=O) groups is 1. The number of sulfonamides is 1. The van der Waals surface area contributed by atoms with E-state index in [1.807, 2.05) is 0 Å². The molecule has 7 nitrogen and oxygen atoms in total. The van der Waals surface area contributed by atoms with Crippen LogP contribution in [0.2, 0.25) is 0 Å². The topological polar surface area (TPSA) is 88.9 Å². The molecular weight excluding hydrogens is 386 g/mol. The van der Waals surface area contributed by atoms with E-state index in [2.05, 4.69) is 10.0 Å². The maximum Gasteiger partial charge on any atom is 0.271 e. The maximum atomic E-state index is 12.5. The van der Waals surface area contributed by atoms with Crippen molar-refractivity contribution in [2.24, 2.45) is 0 Å². The zero-order chi connectivity index (χ0) is 19.1. The number of morpholine rings is 1. The van der Waals surface area contributed by atoms with Crippen molar-refractivity contribution in [1.82, 2.24) is 5.32 Å². The van der Waals surface area contributed by atoms with Crippen LogP contribution in [0.5, 0.6) is 0 Å². The molecule has 3 rings (SSSR count). The van der Waals surface area contributed by atoms with E-state index < -0.39 is 10.0 Å². The summed E-state index contributed by atoms with van der Waals surface area (Å²) < 4.78 is 32.9. The number of benzene rings is 1. The minimum absolute atomic E-state index is 0.214. The van der Waals surface area contributed by atoms with Crippen LogP contribution in [0.4, 0.5) is 5.69 Å². The summed E-state index contributed by atoms with van der Waals surface area (Å²) in [7, 11) is -3.69. The van der Waals surface area contributed by atoms with Gasteiger partial charge in [0.15, 0.2) is 0 Å². The van der Waals surface area contributed by atoms with Crippen molar-refractivity contribution in [3.05, 3.63) is 47.3 Å². The van der Waals surface area contributed by atoms with Gasteiger partial charge in [-0.3, -0.25) is 9.52 Å². The van der Waals surface area contributed by atoms with Crippen LogP contribution >= 0.6 is 11.3 Å². The number of para-hydroxylation sites is 1. The molecule has 1 aliphatic heterocycles. The Labute approximate surface area is 163 Å². The van der Waals surface area contributed by atoms with Crippen LogP contribution in [0.15, 0.2) is 46.0 Å². The summed E-state index contributed by atoms with van der Waals surface area (Å²) >= 11 is 1.13.